The number of fused-ring (bicyclic) bond motifs is 1. The molecule has 1 N–H and O–H groups in total. The number of hydrogen-bond acceptors (Lipinski definition) is 4. The Morgan fingerprint density at radius 1 is 1.08 bits per heavy atom. The summed E-state index contributed by atoms with van der Waals surface area (Å²) in [6.45, 7) is 0. The molecule has 2 heterocycles. The van der Waals surface area contributed by atoms with Crippen LogP contribution in [0.4, 0.5) is 0 Å². The van der Waals surface area contributed by atoms with E-state index >= 15 is 0 Å². The molecule has 0 saturated carbocycles. The normalized spacial score (nSPS) is 12.3. The predicted molar refractivity (Wildman–Crippen MR) is 92.1 cm³/mol. The van der Waals surface area contributed by atoms with Gasteiger partial charge in [-0.05, 0) is 29.8 Å². The molecule has 2 aromatic heterocycles. The predicted octanol–water partition coefficient (Wildman–Crippen LogP) is 4.15. The Hall–Kier alpha value is -3.34. The van der Waals surface area contributed by atoms with Gasteiger partial charge in [-0.1, -0.05) is 30.3 Å². The molecule has 0 saturated heterocycles. The van der Waals surface area contributed by atoms with Crippen molar-refractivity contribution in [2.75, 3.05) is 0 Å². The van der Waals surface area contributed by atoms with E-state index in [0.29, 0.717) is 17.7 Å². The van der Waals surface area contributed by atoms with Gasteiger partial charge in [-0.2, -0.15) is 5.10 Å². The summed E-state index contributed by atoms with van der Waals surface area (Å²) in [4.78, 5) is 3.99. The second-order valence-corrected chi connectivity index (χ2v) is 5.47. The summed E-state index contributed by atoms with van der Waals surface area (Å²) in [6.07, 6.45) is 5.22. The highest BCUT2D eigenvalue weighted by molar-refractivity contribution is 5.85. The highest BCUT2D eigenvalue weighted by Gasteiger charge is 2.13. The minimum Gasteiger partial charge on any atom is -0.505 e. The lowest BCUT2D eigenvalue weighted by molar-refractivity contribution is 0.508. The zero-order valence-electron chi connectivity index (χ0n) is 12.8. The van der Waals surface area contributed by atoms with Crippen molar-refractivity contribution in [3.8, 4) is 0 Å². The fourth-order valence-corrected chi connectivity index (χ4v) is 2.69. The summed E-state index contributed by atoms with van der Waals surface area (Å²) in [5.74, 6) is 0.174. The Bertz CT molecular complexity index is 986. The maximum absolute atomic E-state index is 10.9. The third-order valence-electron chi connectivity index (χ3n) is 3.91. The first kappa shape index (κ1) is 14.3. The minimum absolute atomic E-state index is 0.174. The molecule has 24 heavy (non-hydrogen) atoms. The minimum atomic E-state index is 0.174. The average molecular weight is 317 g/mol. The molecule has 5 nitrogen and oxygen atoms in total. The molecule has 2 aromatic carbocycles. The van der Waals surface area contributed by atoms with Crippen LogP contribution in [0, 0.1) is 0 Å². The number of benzene rings is 2. The summed E-state index contributed by atoms with van der Waals surface area (Å²) in [6, 6.07) is 17.4. The number of aromatic nitrogens is 3. The Kier molecular flexibility index (Phi) is 3.59. The largest absolute Gasteiger partial charge is 0.505 e. The molecule has 0 spiro atoms. The first-order chi connectivity index (χ1) is 11.8. The van der Waals surface area contributed by atoms with E-state index in [4.69, 9.17) is 4.42 Å². The number of furan rings is 1. The topological polar surface area (TPSA) is 64.1 Å². The number of hydrogen-bond donors (Lipinski definition) is 1. The second-order valence-electron chi connectivity index (χ2n) is 5.47. The lowest BCUT2D eigenvalue weighted by Gasteiger charge is -2.11. The SMILES string of the molecule is O/C(=C(\Cc1ccccc1)n1cncn1)c1ccc2occc2c1. The number of aliphatic hydroxyl groups is 1. The van der Waals surface area contributed by atoms with Gasteiger partial charge in [-0.15, -0.1) is 0 Å². The maximum atomic E-state index is 10.9. The summed E-state index contributed by atoms with van der Waals surface area (Å²) in [7, 11) is 0. The molecule has 0 amide bonds. The molecule has 0 unspecified atom stereocenters. The molecule has 5 heteroatoms. The monoisotopic (exact) mass is 317 g/mol. The summed E-state index contributed by atoms with van der Waals surface area (Å²) >= 11 is 0. The van der Waals surface area contributed by atoms with E-state index < -0.39 is 0 Å². The second kappa shape index (κ2) is 6.04. The Labute approximate surface area is 138 Å². The van der Waals surface area contributed by atoms with Crippen LogP contribution in [0.2, 0.25) is 0 Å². The lowest BCUT2D eigenvalue weighted by atomic mass is 10.0. The van der Waals surface area contributed by atoms with Crippen LogP contribution in [0.3, 0.4) is 0 Å². The van der Waals surface area contributed by atoms with E-state index in [1.165, 1.54) is 6.33 Å². The van der Waals surface area contributed by atoms with Gasteiger partial charge in [0.1, 0.15) is 24.0 Å². The Morgan fingerprint density at radius 2 is 1.96 bits per heavy atom. The molecule has 0 aliphatic heterocycles. The van der Waals surface area contributed by atoms with Crippen LogP contribution in [0.25, 0.3) is 22.4 Å². The highest BCUT2D eigenvalue weighted by atomic mass is 16.3. The summed E-state index contributed by atoms with van der Waals surface area (Å²) < 4.78 is 6.95. The van der Waals surface area contributed by atoms with Crippen molar-refractivity contribution in [3.05, 3.63) is 84.6 Å². The molecular formula is C19H15N3O2. The molecule has 0 radical (unpaired) electrons. The van der Waals surface area contributed by atoms with Gasteiger partial charge in [0, 0.05) is 17.4 Å². The smallest absolute Gasteiger partial charge is 0.144 e. The molecule has 0 bridgehead atoms. The standard InChI is InChI=1S/C19H15N3O2/c23-19(16-6-7-18-15(11-16)8-9-24-18)17(22-13-20-12-21-22)10-14-4-2-1-3-5-14/h1-9,11-13,23H,10H2/b19-17+. The molecule has 4 rings (SSSR count). The quantitative estimate of drug-likeness (QED) is 0.574. The van der Waals surface area contributed by atoms with Gasteiger partial charge in [-0.25, -0.2) is 9.67 Å². The van der Waals surface area contributed by atoms with Crippen molar-refractivity contribution in [2.24, 2.45) is 0 Å². The van der Waals surface area contributed by atoms with Gasteiger partial charge in [-0.3, -0.25) is 0 Å². The van der Waals surface area contributed by atoms with Crippen LogP contribution in [0.15, 0.2) is 77.9 Å². The average Bonchev–Trinajstić information content (AvgIpc) is 3.30. The van der Waals surface area contributed by atoms with E-state index in [1.54, 1.807) is 17.3 Å². The summed E-state index contributed by atoms with van der Waals surface area (Å²) in [5.41, 5.74) is 3.25. The van der Waals surface area contributed by atoms with Crippen LogP contribution in [-0.2, 0) is 6.42 Å². The molecule has 0 aliphatic carbocycles. The maximum Gasteiger partial charge on any atom is 0.144 e. The first-order valence-electron chi connectivity index (χ1n) is 7.60. The molecule has 0 aliphatic rings. The van der Waals surface area contributed by atoms with Gasteiger partial charge in [0.2, 0.25) is 0 Å². The molecule has 0 fully saturated rings. The van der Waals surface area contributed by atoms with E-state index in [1.807, 2.05) is 54.6 Å². The van der Waals surface area contributed by atoms with Gasteiger partial charge in [0.05, 0.1) is 12.0 Å². The van der Waals surface area contributed by atoms with E-state index in [0.717, 1.165) is 16.5 Å². The van der Waals surface area contributed by atoms with Crippen LogP contribution in [0.1, 0.15) is 11.1 Å². The first-order valence-corrected chi connectivity index (χ1v) is 7.60. The zero-order valence-corrected chi connectivity index (χ0v) is 12.8. The van der Waals surface area contributed by atoms with Crippen molar-refractivity contribution >= 4 is 22.4 Å². The van der Waals surface area contributed by atoms with Crippen molar-refractivity contribution < 1.29 is 9.52 Å². The van der Waals surface area contributed by atoms with Crippen LogP contribution in [0.5, 0.6) is 0 Å². The molecular weight excluding hydrogens is 302 g/mol. The van der Waals surface area contributed by atoms with E-state index in [-0.39, 0.29) is 5.76 Å². The molecule has 118 valence electrons. The molecule has 0 atom stereocenters. The van der Waals surface area contributed by atoms with Gasteiger partial charge >= 0.3 is 0 Å². The highest BCUT2D eigenvalue weighted by Crippen LogP contribution is 2.26. The van der Waals surface area contributed by atoms with Crippen LogP contribution < -0.4 is 0 Å². The van der Waals surface area contributed by atoms with Crippen LogP contribution in [-0.4, -0.2) is 19.9 Å². The van der Waals surface area contributed by atoms with Gasteiger partial charge in [0.15, 0.2) is 0 Å². The number of nitrogens with zero attached hydrogens (tertiary/aromatic N) is 3. The number of allylic oxidation sites excluding steroid dienone is 1. The number of rotatable bonds is 4. The summed E-state index contributed by atoms with van der Waals surface area (Å²) in [5, 5.41) is 16.0. The zero-order chi connectivity index (χ0) is 16.4. The fourth-order valence-electron chi connectivity index (χ4n) is 2.69. The van der Waals surface area contributed by atoms with E-state index in [9.17, 15) is 5.11 Å². The third kappa shape index (κ3) is 2.67. The lowest BCUT2D eigenvalue weighted by Crippen LogP contribution is -2.05. The van der Waals surface area contributed by atoms with Crippen molar-refractivity contribution in [3.63, 3.8) is 0 Å². The van der Waals surface area contributed by atoms with Crippen molar-refractivity contribution in [1.29, 1.82) is 0 Å². The number of aliphatic hydroxyl groups excluding tert-OH is 1. The fraction of sp³-hybridized carbons (Fsp3) is 0.0526. The van der Waals surface area contributed by atoms with Gasteiger partial charge in [0.25, 0.3) is 0 Å². The molecule has 4 aromatic rings. The Balaban J connectivity index is 1.82. The van der Waals surface area contributed by atoms with Gasteiger partial charge < -0.3 is 9.52 Å². The van der Waals surface area contributed by atoms with E-state index in [2.05, 4.69) is 10.1 Å². The Morgan fingerprint density at radius 3 is 2.75 bits per heavy atom. The van der Waals surface area contributed by atoms with Crippen molar-refractivity contribution in [1.82, 2.24) is 14.8 Å². The van der Waals surface area contributed by atoms with Crippen LogP contribution >= 0.6 is 0 Å². The van der Waals surface area contributed by atoms with Crippen molar-refractivity contribution in [2.45, 2.75) is 6.42 Å². The third-order valence-corrected chi connectivity index (χ3v) is 3.91.